The highest BCUT2D eigenvalue weighted by molar-refractivity contribution is 6.32. The topological polar surface area (TPSA) is 149 Å². The van der Waals surface area contributed by atoms with Crippen molar-refractivity contribution in [2.45, 2.75) is 19.9 Å². The third kappa shape index (κ3) is 2.73. The second-order valence-corrected chi connectivity index (χ2v) is 6.26. The third-order valence-corrected chi connectivity index (χ3v) is 4.60. The summed E-state index contributed by atoms with van der Waals surface area (Å²) in [5.41, 5.74) is 15.4. The van der Waals surface area contributed by atoms with Crippen molar-refractivity contribution in [1.29, 1.82) is 10.5 Å². The van der Waals surface area contributed by atoms with Crippen LogP contribution in [0, 0.1) is 36.6 Å². The molecule has 0 saturated carbocycles. The highest BCUT2D eigenvalue weighted by Crippen LogP contribution is 2.43. The van der Waals surface area contributed by atoms with Crippen LogP contribution in [0.5, 0.6) is 0 Å². The zero-order chi connectivity index (χ0) is 19.0. The number of pyridine rings is 1. The molecule has 1 aromatic carbocycles. The van der Waals surface area contributed by atoms with E-state index in [1.54, 1.807) is 0 Å². The number of nitrogen functional groups attached to an aromatic ring is 2. The minimum atomic E-state index is -0.645. The molecule has 1 atom stereocenters. The first-order valence-corrected chi connectivity index (χ1v) is 8.00. The van der Waals surface area contributed by atoms with Gasteiger partial charge >= 0.3 is 0 Å². The van der Waals surface area contributed by atoms with Crippen molar-refractivity contribution < 1.29 is 0 Å². The number of aromatic nitrogens is 1. The minimum absolute atomic E-state index is 0.000252. The number of nitrogens with one attached hydrogen (secondary N) is 2. The van der Waals surface area contributed by atoms with Crippen LogP contribution in [0.15, 0.2) is 17.1 Å². The van der Waals surface area contributed by atoms with Crippen LogP contribution < -0.4 is 22.1 Å². The molecular weight excluding hydrogens is 352 g/mol. The molecule has 0 radical (unpaired) electrons. The van der Waals surface area contributed by atoms with E-state index in [-0.39, 0.29) is 23.0 Å². The number of halogens is 1. The highest BCUT2D eigenvalue weighted by Gasteiger charge is 2.31. The Morgan fingerprint density at radius 2 is 2.00 bits per heavy atom. The molecule has 1 aliphatic rings. The van der Waals surface area contributed by atoms with Crippen LogP contribution in [0.4, 0.5) is 17.3 Å². The number of benzene rings is 1. The van der Waals surface area contributed by atoms with Gasteiger partial charge in [0.2, 0.25) is 5.96 Å². The van der Waals surface area contributed by atoms with Gasteiger partial charge in [0, 0.05) is 16.1 Å². The number of guanidine groups is 1. The first kappa shape index (κ1) is 17.3. The Hall–Kier alpha value is -3.49. The van der Waals surface area contributed by atoms with Crippen LogP contribution in [0.1, 0.15) is 33.9 Å². The number of fused-ring (bicyclic) bond motifs is 1. The Bertz CT molecular complexity index is 1030. The maximum atomic E-state index is 9.35. The Kier molecular flexibility index (Phi) is 4.29. The lowest BCUT2D eigenvalue weighted by atomic mass is 9.93. The first-order valence-electron chi connectivity index (χ1n) is 7.62. The van der Waals surface area contributed by atoms with Gasteiger partial charge in [-0.3, -0.25) is 5.32 Å². The lowest BCUT2D eigenvalue weighted by Gasteiger charge is -2.27. The van der Waals surface area contributed by atoms with Crippen LogP contribution >= 0.6 is 11.6 Å². The molecule has 3 rings (SSSR count). The molecule has 0 aliphatic carbocycles. The molecule has 0 spiro atoms. The van der Waals surface area contributed by atoms with E-state index in [0.29, 0.717) is 22.0 Å². The van der Waals surface area contributed by atoms with Gasteiger partial charge in [-0.2, -0.15) is 10.5 Å². The van der Waals surface area contributed by atoms with E-state index in [1.807, 2.05) is 38.2 Å². The number of nitrogens with zero attached hydrogens (tertiary/aromatic N) is 4. The number of nitrogens with two attached hydrogens (primary N) is 2. The summed E-state index contributed by atoms with van der Waals surface area (Å²) < 4.78 is 0. The minimum Gasteiger partial charge on any atom is -0.397 e. The lowest BCUT2D eigenvalue weighted by Crippen LogP contribution is -2.33. The van der Waals surface area contributed by atoms with E-state index in [4.69, 9.17) is 28.3 Å². The number of rotatable bonds is 1. The number of nitriles is 2. The summed E-state index contributed by atoms with van der Waals surface area (Å²) in [4.78, 5) is 8.73. The van der Waals surface area contributed by atoms with Crippen molar-refractivity contribution in [3.8, 4) is 12.3 Å². The van der Waals surface area contributed by atoms with Gasteiger partial charge < -0.3 is 16.8 Å². The van der Waals surface area contributed by atoms with Gasteiger partial charge in [0.25, 0.3) is 0 Å². The number of hydrogen-bond acceptors (Lipinski definition) is 8. The van der Waals surface area contributed by atoms with Crippen molar-refractivity contribution in [1.82, 2.24) is 10.3 Å². The second kappa shape index (κ2) is 6.43. The molecule has 0 fully saturated rings. The Labute approximate surface area is 155 Å². The zero-order valence-corrected chi connectivity index (χ0v) is 14.8. The summed E-state index contributed by atoms with van der Waals surface area (Å²) in [7, 11) is 0. The summed E-state index contributed by atoms with van der Waals surface area (Å²) >= 11 is 6.52. The van der Waals surface area contributed by atoms with Gasteiger partial charge in [-0.15, -0.1) is 0 Å². The van der Waals surface area contributed by atoms with Gasteiger partial charge in [-0.1, -0.05) is 29.3 Å². The fraction of sp³-hybridized carbons (Fsp3) is 0.176. The van der Waals surface area contributed by atoms with E-state index < -0.39 is 6.04 Å². The number of aryl methyl sites for hydroxylation is 2. The van der Waals surface area contributed by atoms with E-state index in [1.165, 1.54) is 0 Å². The van der Waals surface area contributed by atoms with E-state index in [2.05, 4.69) is 20.6 Å². The summed E-state index contributed by atoms with van der Waals surface area (Å²) in [6.45, 7) is 3.84. The van der Waals surface area contributed by atoms with Crippen LogP contribution in [-0.2, 0) is 0 Å². The molecule has 2 aromatic rings. The van der Waals surface area contributed by atoms with E-state index >= 15 is 0 Å². The van der Waals surface area contributed by atoms with Crippen molar-refractivity contribution >= 4 is 34.9 Å². The second-order valence-electron chi connectivity index (χ2n) is 5.89. The first-order chi connectivity index (χ1) is 12.4. The molecule has 6 N–H and O–H groups in total. The average Bonchev–Trinajstić information content (AvgIpc) is 2.58. The van der Waals surface area contributed by atoms with Crippen LogP contribution in [0.2, 0.25) is 5.02 Å². The van der Waals surface area contributed by atoms with Gasteiger partial charge in [0.05, 0.1) is 5.69 Å². The van der Waals surface area contributed by atoms with Crippen LogP contribution in [0.3, 0.4) is 0 Å². The van der Waals surface area contributed by atoms with Gasteiger partial charge in [0.15, 0.2) is 6.19 Å². The quantitative estimate of drug-likeness (QED) is 0.446. The standard InChI is InChI=1S/C17H15ClN8/c1-7-3-8(2)12(18)9(4-7)14-11-13(21)10(5-19)15(22)25-16(11)26-17(24-14)23-6-20/h3-4,14H,1-2H3,(H6,21,22,23,24,25,26). The van der Waals surface area contributed by atoms with Crippen molar-refractivity contribution in [2.75, 3.05) is 16.8 Å². The lowest BCUT2D eigenvalue weighted by molar-refractivity contribution is 0.844. The highest BCUT2D eigenvalue weighted by atomic mass is 35.5. The molecule has 1 unspecified atom stereocenters. The monoisotopic (exact) mass is 366 g/mol. The molecule has 9 heteroatoms. The molecule has 2 heterocycles. The van der Waals surface area contributed by atoms with Crippen molar-refractivity contribution in [3.63, 3.8) is 0 Å². The van der Waals surface area contributed by atoms with Gasteiger partial charge in [-0.25, -0.2) is 9.98 Å². The molecule has 0 saturated heterocycles. The Morgan fingerprint density at radius 3 is 2.65 bits per heavy atom. The van der Waals surface area contributed by atoms with Crippen LogP contribution in [0.25, 0.3) is 0 Å². The van der Waals surface area contributed by atoms with E-state index in [9.17, 15) is 5.26 Å². The summed E-state index contributed by atoms with van der Waals surface area (Å²) in [5.74, 6) is 0.517. The predicted molar refractivity (Wildman–Crippen MR) is 100 cm³/mol. The molecule has 26 heavy (non-hydrogen) atoms. The molecule has 130 valence electrons. The van der Waals surface area contributed by atoms with Crippen molar-refractivity contribution in [2.24, 2.45) is 4.99 Å². The summed E-state index contributed by atoms with van der Waals surface area (Å²) in [6, 6.07) is 5.17. The molecule has 8 nitrogen and oxygen atoms in total. The molecule has 0 amide bonds. The molecule has 0 bridgehead atoms. The van der Waals surface area contributed by atoms with Gasteiger partial charge in [0.1, 0.15) is 29.3 Å². The van der Waals surface area contributed by atoms with Gasteiger partial charge in [-0.05, 0) is 19.4 Å². The maximum absolute atomic E-state index is 9.35. The fourth-order valence-electron chi connectivity index (χ4n) is 2.99. The molecule has 1 aromatic heterocycles. The number of hydrogen-bond donors (Lipinski definition) is 4. The Morgan fingerprint density at radius 1 is 1.27 bits per heavy atom. The zero-order valence-electron chi connectivity index (χ0n) is 14.1. The fourth-order valence-corrected chi connectivity index (χ4v) is 3.20. The Balaban J connectivity index is 2.32. The largest absolute Gasteiger partial charge is 0.397 e. The number of anilines is 3. The van der Waals surface area contributed by atoms with E-state index in [0.717, 1.165) is 11.1 Å². The smallest absolute Gasteiger partial charge is 0.211 e. The predicted octanol–water partition coefficient (Wildman–Crippen LogP) is 2.33. The SMILES string of the molecule is Cc1cc(C)c(Cl)c(C2N=C(NC#N)Nc3nc(N)c(C#N)c(N)c32)c1. The normalized spacial score (nSPS) is 15.1. The van der Waals surface area contributed by atoms with Crippen molar-refractivity contribution in [3.05, 3.63) is 45.0 Å². The average molecular weight is 367 g/mol. The summed E-state index contributed by atoms with van der Waals surface area (Å²) in [6.07, 6.45) is 1.81. The molecular formula is C17H15ClN8. The van der Waals surface area contributed by atoms with Crippen LogP contribution in [-0.4, -0.2) is 10.9 Å². The maximum Gasteiger partial charge on any atom is 0.211 e. The molecule has 1 aliphatic heterocycles. The number of aliphatic imine (C=N–C) groups is 1. The third-order valence-electron chi connectivity index (χ3n) is 4.08. The summed E-state index contributed by atoms with van der Waals surface area (Å²) in [5, 5.41) is 24.1.